The summed E-state index contributed by atoms with van der Waals surface area (Å²) in [6, 6.07) is 32.0. The van der Waals surface area contributed by atoms with Gasteiger partial charge < -0.3 is 45.7 Å². The molecule has 0 bridgehead atoms. The average molecular weight is 1020 g/mol. The van der Waals surface area contributed by atoms with Gasteiger partial charge in [0.05, 0.1) is 37.5 Å². The lowest BCUT2D eigenvalue weighted by atomic mass is 9.86. The number of hydrogen-bond acceptors (Lipinski definition) is 11. The van der Waals surface area contributed by atoms with E-state index in [1.54, 1.807) is 12.4 Å². The van der Waals surface area contributed by atoms with Crippen LogP contribution in [0.5, 0.6) is 11.5 Å². The zero-order valence-corrected chi connectivity index (χ0v) is 45.7. The fourth-order valence-corrected chi connectivity index (χ4v) is 9.04. The van der Waals surface area contributed by atoms with Crippen LogP contribution in [0.1, 0.15) is 139 Å². The lowest BCUT2D eigenvalue weighted by Gasteiger charge is -2.31. The minimum absolute atomic E-state index is 0.0116. The highest BCUT2D eigenvalue weighted by Crippen LogP contribution is 2.36. The number of carbonyl (C=O) groups is 3. The van der Waals surface area contributed by atoms with Crippen molar-refractivity contribution in [3.05, 3.63) is 149 Å². The first kappa shape index (κ1) is 58.8. The summed E-state index contributed by atoms with van der Waals surface area (Å²) in [5, 5.41) is 34.9. The number of ether oxygens (including phenoxy) is 3. The van der Waals surface area contributed by atoms with Crippen LogP contribution in [0.4, 0.5) is 4.79 Å². The van der Waals surface area contributed by atoms with E-state index < -0.39 is 29.9 Å². The number of aromatic nitrogens is 2. The predicted molar refractivity (Wildman–Crippen MR) is 293 cm³/mol. The number of hydrogen-bond donors (Lipinski definition) is 6. The summed E-state index contributed by atoms with van der Waals surface area (Å²) in [7, 11) is 0. The van der Waals surface area contributed by atoms with E-state index in [0.29, 0.717) is 39.1 Å². The van der Waals surface area contributed by atoms with Crippen LogP contribution in [-0.4, -0.2) is 93.9 Å². The second-order valence-electron chi connectivity index (χ2n) is 23.0. The third-order valence-corrected chi connectivity index (χ3v) is 12.3. The van der Waals surface area contributed by atoms with Crippen LogP contribution in [-0.2, 0) is 35.2 Å². The zero-order chi connectivity index (χ0) is 54.1. The number of rotatable bonds is 16. The van der Waals surface area contributed by atoms with Gasteiger partial charge in [-0.3, -0.25) is 14.2 Å². The number of carbonyl (C=O) groups excluding carboxylic acids is 3. The van der Waals surface area contributed by atoms with Crippen molar-refractivity contribution in [2.24, 2.45) is 10.8 Å². The van der Waals surface area contributed by atoms with Gasteiger partial charge in [-0.2, -0.15) is 0 Å². The summed E-state index contributed by atoms with van der Waals surface area (Å²) < 4.78 is 18.6. The number of imidazole rings is 1. The Balaban J connectivity index is 0.000000239. The Labute approximate surface area is 440 Å². The first-order valence-corrected chi connectivity index (χ1v) is 26.1. The number of amides is 2. The van der Waals surface area contributed by atoms with Crippen molar-refractivity contribution in [3.63, 3.8) is 0 Å². The maximum atomic E-state index is 12.5. The van der Waals surface area contributed by atoms with Crippen LogP contribution in [0.2, 0.25) is 0 Å². The van der Waals surface area contributed by atoms with E-state index in [4.69, 9.17) is 14.2 Å². The molecule has 2 amide bonds. The number of aliphatic hydroxyl groups excluding tert-OH is 2. The third-order valence-electron chi connectivity index (χ3n) is 12.3. The van der Waals surface area contributed by atoms with Gasteiger partial charge in [-0.1, -0.05) is 126 Å². The molecule has 0 radical (unpaired) electrons. The molecule has 402 valence electrons. The maximum Gasteiger partial charge on any atom is 0.407 e. The van der Waals surface area contributed by atoms with E-state index in [-0.39, 0.29) is 40.8 Å². The van der Waals surface area contributed by atoms with Crippen LogP contribution < -0.4 is 30.7 Å². The van der Waals surface area contributed by atoms with Crippen LogP contribution >= 0.6 is 0 Å². The van der Waals surface area contributed by atoms with Gasteiger partial charge in [0, 0.05) is 75.4 Å². The molecule has 2 aliphatic heterocycles. The van der Waals surface area contributed by atoms with Crippen molar-refractivity contribution in [1.82, 2.24) is 30.8 Å². The molecule has 6 N–H and O–H groups in total. The van der Waals surface area contributed by atoms with E-state index >= 15 is 0 Å². The molecule has 74 heavy (non-hydrogen) atoms. The molecule has 14 nitrogen and oxygen atoms in total. The number of nitrogens with one attached hydrogen (secondary N) is 4. The Morgan fingerprint density at radius 1 is 0.649 bits per heavy atom. The normalized spacial score (nSPS) is 16.8. The maximum absolute atomic E-state index is 12.5. The van der Waals surface area contributed by atoms with E-state index in [0.717, 1.165) is 59.4 Å². The van der Waals surface area contributed by atoms with Crippen LogP contribution in [0.25, 0.3) is 0 Å². The molecule has 14 heteroatoms. The Kier molecular flexibility index (Phi) is 21.8. The van der Waals surface area contributed by atoms with Gasteiger partial charge in [-0.15, -0.1) is 0 Å². The molecular formula is C60H84N6O8. The van der Waals surface area contributed by atoms with Crippen molar-refractivity contribution in [2.75, 3.05) is 26.3 Å². The van der Waals surface area contributed by atoms with Crippen molar-refractivity contribution < 1.29 is 38.8 Å². The minimum atomic E-state index is -0.799. The number of alkyl carbamates (subject to hydrolysis) is 1. The third kappa shape index (κ3) is 20.7. The molecule has 1 aromatic heterocycles. The van der Waals surface area contributed by atoms with Gasteiger partial charge in [-0.25, -0.2) is 9.78 Å². The Bertz CT molecular complexity index is 2500. The number of fused-ring (bicyclic) bond motifs is 2. The number of benzene rings is 4. The molecule has 0 spiro atoms. The molecule has 0 saturated carbocycles. The van der Waals surface area contributed by atoms with E-state index in [9.17, 15) is 24.6 Å². The molecular weight excluding hydrogens is 933 g/mol. The van der Waals surface area contributed by atoms with E-state index in [1.165, 1.54) is 35.9 Å². The van der Waals surface area contributed by atoms with Crippen molar-refractivity contribution in [2.45, 2.75) is 157 Å². The highest BCUT2D eigenvalue weighted by atomic mass is 16.6. The van der Waals surface area contributed by atoms with Gasteiger partial charge in [0.2, 0.25) is 11.8 Å². The second kappa shape index (κ2) is 27.5. The molecule has 0 saturated heterocycles. The first-order chi connectivity index (χ1) is 34.9. The summed E-state index contributed by atoms with van der Waals surface area (Å²) in [5.74, 6) is 1.66. The Hall–Kier alpha value is -6.06. The fourth-order valence-electron chi connectivity index (χ4n) is 9.04. The summed E-state index contributed by atoms with van der Waals surface area (Å²) in [6.07, 6.45) is 7.37. The summed E-state index contributed by atoms with van der Waals surface area (Å²) >= 11 is 0. The van der Waals surface area contributed by atoms with Crippen LogP contribution in [0.15, 0.2) is 116 Å². The molecule has 3 heterocycles. The van der Waals surface area contributed by atoms with Gasteiger partial charge >= 0.3 is 6.09 Å². The smallest absolute Gasteiger partial charge is 0.407 e. The zero-order valence-electron chi connectivity index (χ0n) is 45.7. The van der Waals surface area contributed by atoms with Crippen LogP contribution in [0.3, 0.4) is 0 Å². The Morgan fingerprint density at radius 2 is 1.09 bits per heavy atom. The van der Waals surface area contributed by atoms with Gasteiger partial charge in [-0.05, 0) is 91.7 Å². The summed E-state index contributed by atoms with van der Waals surface area (Å²) in [4.78, 5) is 38.3. The van der Waals surface area contributed by atoms with E-state index in [1.807, 2.05) is 81.4 Å². The highest BCUT2D eigenvalue weighted by molar-refractivity contribution is 5.75. The van der Waals surface area contributed by atoms with E-state index in [2.05, 4.69) is 104 Å². The quantitative estimate of drug-likeness (QED) is 0.0553. The number of aliphatic hydroxyl groups is 2. The van der Waals surface area contributed by atoms with Gasteiger partial charge in [0.25, 0.3) is 0 Å². The summed E-state index contributed by atoms with van der Waals surface area (Å²) in [5.41, 5.74) is 6.78. The summed E-state index contributed by atoms with van der Waals surface area (Å²) in [6.45, 7) is 23.9. The standard InChI is InChI=1S/C29H42N2O4.C26H36N2O3.C5H6N2O/c1-28(2,3)18-21-12-13-26-22(16-21)23(14-15-34-26)30-19-25(32)24(17-20-10-8-7-9-11-20)31-27(33)35-29(4,5)6;1-18(29)28-23(15-19-8-6-5-7-9-19)24(30)17-27-22-12-13-31-25-11-10-20(14-21(22)25)16-26(2,3)4;1-5(8)7-3-2-6-4-7/h7-13,16,23-25,30,32H,14-15,17-19H2,1-6H3,(H,31,33);5-11,14,22-24,27,30H,12-13,15-17H2,1-4H3,(H,28,29);2-4H,1H3/t23-,24?,25+;22-,23?,24+;/m00./s1. The molecule has 5 aromatic rings. The minimum Gasteiger partial charge on any atom is -0.493 e. The van der Waals surface area contributed by atoms with Crippen molar-refractivity contribution in [3.8, 4) is 11.5 Å². The first-order valence-electron chi connectivity index (χ1n) is 26.1. The monoisotopic (exact) mass is 1020 g/mol. The van der Waals surface area contributed by atoms with Crippen molar-refractivity contribution >= 4 is 17.9 Å². The van der Waals surface area contributed by atoms with Crippen LogP contribution in [0, 0.1) is 10.8 Å². The predicted octanol–water partition coefficient (Wildman–Crippen LogP) is 9.53. The second-order valence-corrected chi connectivity index (χ2v) is 23.0. The largest absolute Gasteiger partial charge is 0.493 e. The lowest BCUT2D eigenvalue weighted by molar-refractivity contribution is -0.120. The fraction of sp³-hybridized carbons (Fsp3) is 0.500. The molecule has 2 aliphatic rings. The van der Waals surface area contributed by atoms with Gasteiger partial charge in [0.1, 0.15) is 23.4 Å². The van der Waals surface area contributed by atoms with Crippen molar-refractivity contribution in [1.29, 1.82) is 0 Å². The van der Waals surface area contributed by atoms with Gasteiger partial charge in [0.15, 0.2) is 0 Å². The Morgan fingerprint density at radius 3 is 1.46 bits per heavy atom. The molecule has 0 aliphatic carbocycles. The molecule has 2 unspecified atom stereocenters. The average Bonchev–Trinajstić information content (AvgIpc) is 3.88. The SMILES string of the molecule is CC(=O)NC(Cc1ccccc1)[C@H](O)CN[C@H]1CCOc2ccc(CC(C)(C)C)cc21.CC(=O)n1ccnc1.CC(C)(C)Cc1ccc2c(c1)[C@@H](NC[C@@H](O)C(Cc1ccccc1)NC(=O)OC(C)(C)C)CCO2. The topological polar surface area (TPSA) is 185 Å². The molecule has 0 fully saturated rings. The lowest BCUT2D eigenvalue weighted by Crippen LogP contribution is -2.50. The molecule has 7 rings (SSSR count). The molecule has 6 atom stereocenters. The highest BCUT2D eigenvalue weighted by Gasteiger charge is 2.29. The number of nitrogens with zero attached hydrogens (tertiary/aromatic N) is 2. The molecule has 4 aromatic carbocycles.